The van der Waals surface area contributed by atoms with Crippen molar-refractivity contribution in [1.82, 2.24) is 0 Å². The fourth-order valence-corrected chi connectivity index (χ4v) is 1.65. The molecular formula is C8H11IO2. The molecule has 0 aromatic rings. The smallest absolute Gasteiger partial charge is 0.331 e. The second-order valence-corrected chi connectivity index (χ2v) is 3.80. The molecule has 0 heterocycles. The van der Waals surface area contributed by atoms with E-state index >= 15 is 0 Å². The SMILES string of the molecule is CCOC(=O)C=C(I)C1CC1. The van der Waals surface area contributed by atoms with Crippen LogP contribution in [-0.4, -0.2) is 12.6 Å². The van der Waals surface area contributed by atoms with Crippen LogP contribution in [0.3, 0.4) is 0 Å². The molecule has 0 aromatic carbocycles. The molecule has 1 fully saturated rings. The number of hydrogen-bond donors (Lipinski definition) is 0. The highest BCUT2D eigenvalue weighted by Gasteiger charge is 2.24. The van der Waals surface area contributed by atoms with Crippen LogP contribution in [0.15, 0.2) is 9.66 Å². The lowest BCUT2D eigenvalue weighted by atomic mass is 10.4. The molecular weight excluding hydrogens is 255 g/mol. The van der Waals surface area contributed by atoms with Crippen LogP contribution in [0.1, 0.15) is 19.8 Å². The lowest BCUT2D eigenvalue weighted by Gasteiger charge is -1.96. The predicted molar refractivity (Wildman–Crippen MR) is 51.5 cm³/mol. The van der Waals surface area contributed by atoms with Gasteiger partial charge in [0.15, 0.2) is 0 Å². The quantitative estimate of drug-likeness (QED) is 0.445. The number of allylic oxidation sites excluding steroid dienone is 1. The Morgan fingerprint density at radius 2 is 2.36 bits per heavy atom. The molecule has 0 atom stereocenters. The zero-order chi connectivity index (χ0) is 8.27. The largest absolute Gasteiger partial charge is 0.463 e. The van der Waals surface area contributed by atoms with Crippen LogP contribution in [0.25, 0.3) is 0 Å². The molecule has 0 bridgehead atoms. The van der Waals surface area contributed by atoms with Crippen LogP contribution in [0.2, 0.25) is 0 Å². The maximum absolute atomic E-state index is 10.9. The monoisotopic (exact) mass is 266 g/mol. The summed E-state index contributed by atoms with van der Waals surface area (Å²) in [5, 5.41) is 0. The van der Waals surface area contributed by atoms with E-state index in [1.54, 1.807) is 6.08 Å². The lowest BCUT2D eigenvalue weighted by Crippen LogP contribution is -2.00. The van der Waals surface area contributed by atoms with Crippen molar-refractivity contribution in [3.05, 3.63) is 9.66 Å². The van der Waals surface area contributed by atoms with E-state index in [0.29, 0.717) is 12.5 Å². The molecule has 0 amide bonds. The molecule has 3 heteroatoms. The average Bonchev–Trinajstić information content (AvgIpc) is 2.67. The zero-order valence-corrected chi connectivity index (χ0v) is 8.63. The van der Waals surface area contributed by atoms with Crippen molar-refractivity contribution in [2.24, 2.45) is 5.92 Å². The summed E-state index contributed by atoms with van der Waals surface area (Å²) in [6, 6.07) is 0. The van der Waals surface area contributed by atoms with Crippen molar-refractivity contribution < 1.29 is 9.53 Å². The van der Waals surface area contributed by atoms with Gasteiger partial charge in [-0.15, -0.1) is 0 Å². The maximum atomic E-state index is 10.9. The van der Waals surface area contributed by atoms with Gasteiger partial charge in [0.2, 0.25) is 0 Å². The van der Waals surface area contributed by atoms with E-state index < -0.39 is 0 Å². The molecule has 11 heavy (non-hydrogen) atoms. The Hall–Kier alpha value is -0.0600. The predicted octanol–water partition coefficient (Wildman–Crippen LogP) is 2.28. The summed E-state index contributed by atoms with van der Waals surface area (Å²) in [4.78, 5) is 10.9. The first-order valence-electron chi connectivity index (χ1n) is 3.78. The number of halogens is 1. The first kappa shape index (κ1) is 9.03. The third-order valence-corrected chi connectivity index (χ3v) is 2.70. The van der Waals surface area contributed by atoms with E-state index in [1.165, 1.54) is 12.8 Å². The summed E-state index contributed by atoms with van der Waals surface area (Å²) in [5.74, 6) is 0.448. The second-order valence-electron chi connectivity index (χ2n) is 2.56. The van der Waals surface area contributed by atoms with Crippen LogP contribution >= 0.6 is 22.6 Å². The fourth-order valence-electron chi connectivity index (χ4n) is 0.773. The highest BCUT2D eigenvalue weighted by atomic mass is 127. The molecule has 0 N–H and O–H groups in total. The first-order valence-corrected chi connectivity index (χ1v) is 4.85. The Labute approximate surface area is 80.1 Å². The summed E-state index contributed by atoms with van der Waals surface area (Å²) in [5.41, 5.74) is 0. The number of rotatable bonds is 3. The molecule has 62 valence electrons. The van der Waals surface area contributed by atoms with Crippen molar-refractivity contribution in [3.63, 3.8) is 0 Å². The molecule has 1 aliphatic carbocycles. The van der Waals surface area contributed by atoms with E-state index in [2.05, 4.69) is 22.6 Å². The molecule has 0 radical (unpaired) electrons. The summed E-state index contributed by atoms with van der Waals surface area (Å²) in [6.45, 7) is 2.28. The lowest BCUT2D eigenvalue weighted by molar-refractivity contribution is -0.137. The average molecular weight is 266 g/mol. The van der Waals surface area contributed by atoms with Crippen molar-refractivity contribution in [3.8, 4) is 0 Å². The van der Waals surface area contributed by atoms with Gasteiger partial charge in [0, 0.05) is 9.66 Å². The number of esters is 1. The van der Waals surface area contributed by atoms with Gasteiger partial charge in [-0.3, -0.25) is 0 Å². The minimum Gasteiger partial charge on any atom is -0.463 e. The number of ether oxygens (including phenoxy) is 1. The summed E-state index contributed by atoms with van der Waals surface area (Å²) < 4.78 is 5.91. The van der Waals surface area contributed by atoms with Gasteiger partial charge < -0.3 is 4.74 Å². The van der Waals surface area contributed by atoms with Gasteiger partial charge in [-0.05, 0) is 48.3 Å². The Balaban J connectivity index is 2.35. The molecule has 0 unspecified atom stereocenters. The van der Waals surface area contributed by atoms with Crippen LogP contribution in [-0.2, 0) is 9.53 Å². The van der Waals surface area contributed by atoms with Crippen LogP contribution in [0.4, 0.5) is 0 Å². The van der Waals surface area contributed by atoms with E-state index in [-0.39, 0.29) is 5.97 Å². The highest BCUT2D eigenvalue weighted by molar-refractivity contribution is 14.1. The van der Waals surface area contributed by atoms with Gasteiger partial charge in [0.25, 0.3) is 0 Å². The van der Waals surface area contributed by atoms with Gasteiger partial charge in [-0.1, -0.05) is 0 Å². The Morgan fingerprint density at radius 3 is 2.82 bits per heavy atom. The molecule has 0 aromatic heterocycles. The number of carbonyl (C=O) groups is 1. The molecule has 1 rings (SSSR count). The van der Waals surface area contributed by atoms with E-state index in [4.69, 9.17) is 4.74 Å². The Morgan fingerprint density at radius 1 is 1.73 bits per heavy atom. The van der Waals surface area contributed by atoms with E-state index in [9.17, 15) is 4.79 Å². The number of carbonyl (C=O) groups excluding carboxylic acids is 1. The number of hydrogen-bond acceptors (Lipinski definition) is 2. The van der Waals surface area contributed by atoms with Gasteiger partial charge >= 0.3 is 5.97 Å². The molecule has 0 saturated heterocycles. The van der Waals surface area contributed by atoms with Crippen molar-refractivity contribution >= 4 is 28.6 Å². The summed E-state index contributed by atoms with van der Waals surface area (Å²) >= 11 is 2.21. The van der Waals surface area contributed by atoms with Crippen LogP contribution in [0.5, 0.6) is 0 Å². The van der Waals surface area contributed by atoms with Crippen molar-refractivity contribution in [2.45, 2.75) is 19.8 Å². The van der Waals surface area contributed by atoms with Gasteiger partial charge in [0.05, 0.1) is 6.61 Å². The molecule has 0 spiro atoms. The second kappa shape index (κ2) is 4.09. The third-order valence-electron chi connectivity index (χ3n) is 1.51. The van der Waals surface area contributed by atoms with Gasteiger partial charge in [-0.2, -0.15) is 0 Å². The third kappa shape index (κ3) is 3.22. The normalized spacial score (nSPS) is 18.2. The molecule has 1 aliphatic rings. The Kier molecular flexibility index (Phi) is 3.36. The standard InChI is InChI=1S/C8H11IO2/c1-2-11-8(10)5-7(9)6-3-4-6/h5-6H,2-4H2,1H3. The van der Waals surface area contributed by atoms with Crippen molar-refractivity contribution in [1.29, 1.82) is 0 Å². The first-order chi connectivity index (χ1) is 5.24. The summed E-state index contributed by atoms with van der Waals surface area (Å²) in [7, 11) is 0. The fraction of sp³-hybridized carbons (Fsp3) is 0.625. The minimum absolute atomic E-state index is 0.205. The van der Waals surface area contributed by atoms with Gasteiger partial charge in [0.1, 0.15) is 0 Å². The Bertz CT molecular complexity index is 183. The topological polar surface area (TPSA) is 26.3 Å². The van der Waals surface area contributed by atoms with Crippen molar-refractivity contribution in [2.75, 3.05) is 6.61 Å². The molecule has 1 saturated carbocycles. The summed E-state index contributed by atoms with van der Waals surface area (Å²) in [6.07, 6.45) is 4.06. The molecule has 2 nitrogen and oxygen atoms in total. The van der Waals surface area contributed by atoms with Crippen LogP contribution < -0.4 is 0 Å². The van der Waals surface area contributed by atoms with E-state index in [0.717, 1.165) is 3.58 Å². The maximum Gasteiger partial charge on any atom is 0.331 e. The van der Waals surface area contributed by atoms with Gasteiger partial charge in [-0.25, -0.2) is 4.79 Å². The molecule has 0 aliphatic heterocycles. The minimum atomic E-state index is -0.205. The zero-order valence-electron chi connectivity index (χ0n) is 6.47. The van der Waals surface area contributed by atoms with Crippen LogP contribution in [0, 0.1) is 5.92 Å². The van der Waals surface area contributed by atoms with E-state index in [1.807, 2.05) is 6.92 Å². The highest BCUT2D eigenvalue weighted by Crippen LogP contribution is 2.39.